The Morgan fingerprint density at radius 1 is 1.53 bits per heavy atom. The zero-order valence-electron chi connectivity index (χ0n) is 11.7. The van der Waals surface area contributed by atoms with Crippen LogP contribution in [0.3, 0.4) is 0 Å². The summed E-state index contributed by atoms with van der Waals surface area (Å²) < 4.78 is 6.85. The van der Waals surface area contributed by atoms with Crippen LogP contribution in [-0.2, 0) is 11.8 Å². The topological polar surface area (TPSA) is 71.2 Å². The number of aromatic nitrogens is 2. The van der Waals surface area contributed by atoms with Crippen LogP contribution in [0.15, 0.2) is 6.20 Å². The molecule has 1 aliphatic rings. The van der Waals surface area contributed by atoms with Crippen molar-refractivity contribution in [2.75, 3.05) is 13.1 Å². The molecule has 2 heterocycles. The lowest BCUT2D eigenvalue weighted by atomic mass is 9.92. The van der Waals surface area contributed by atoms with Crippen LogP contribution in [0.25, 0.3) is 0 Å². The Bertz CT molecular complexity index is 530. The smallest absolute Gasteiger partial charge is 0.410 e. The predicted molar refractivity (Wildman–Crippen MR) is 68.5 cm³/mol. The molecule has 2 rings (SSSR count). The van der Waals surface area contributed by atoms with Gasteiger partial charge in [0.05, 0.1) is 6.20 Å². The molecule has 102 valence electrons. The first-order chi connectivity index (χ1) is 8.81. The highest BCUT2D eigenvalue weighted by atomic mass is 16.6. The van der Waals surface area contributed by atoms with Crippen molar-refractivity contribution in [2.45, 2.75) is 32.3 Å². The molecular formula is C13H18N4O2. The van der Waals surface area contributed by atoms with E-state index in [0.29, 0.717) is 18.8 Å². The van der Waals surface area contributed by atoms with Crippen LogP contribution in [0.4, 0.5) is 4.79 Å². The van der Waals surface area contributed by atoms with E-state index in [9.17, 15) is 4.79 Å². The van der Waals surface area contributed by atoms with Gasteiger partial charge in [-0.3, -0.25) is 4.68 Å². The van der Waals surface area contributed by atoms with Gasteiger partial charge in [0.15, 0.2) is 0 Å². The van der Waals surface area contributed by atoms with E-state index in [4.69, 9.17) is 10.00 Å². The molecular weight excluding hydrogens is 244 g/mol. The predicted octanol–water partition coefficient (Wildman–Crippen LogP) is 1.63. The van der Waals surface area contributed by atoms with Gasteiger partial charge in [0.25, 0.3) is 0 Å². The molecule has 0 radical (unpaired) electrons. The molecule has 1 saturated heterocycles. The molecule has 1 aliphatic heterocycles. The van der Waals surface area contributed by atoms with Crippen molar-refractivity contribution in [1.29, 1.82) is 5.26 Å². The lowest BCUT2D eigenvalue weighted by molar-refractivity contribution is 0.00817. The number of carbonyl (C=O) groups excluding carboxylic acids is 1. The van der Waals surface area contributed by atoms with Crippen LogP contribution in [0.1, 0.15) is 37.9 Å². The van der Waals surface area contributed by atoms with Crippen LogP contribution in [0, 0.1) is 11.3 Å². The van der Waals surface area contributed by atoms with E-state index in [1.807, 2.05) is 20.8 Å². The number of aryl methyl sites for hydroxylation is 1. The fourth-order valence-corrected chi connectivity index (χ4v) is 2.04. The van der Waals surface area contributed by atoms with Crippen LogP contribution in [-0.4, -0.2) is 39.5 Å². The van der Waals surface area contributed by atoms with Gasteiger partial charge in [-0.05, 0) is 20.8 Å². The van der Waals surface area contributed by atoms with Gasteiger partial charge in [-0.1, -0.05) is 0 Å². The number of ether oxygens (including phenoxy) is 1. The Kier molecular flexibility index (Phi) is 3.23. The van der Waals surface area contributed by atoms with E-state index in [-0.39, 0.29) is 12.0 Å². The summed E-state index contributed by atoms with van der Waals surface area (Å²) in [5, 5.41) is 13.1. The Labute approximate surface area is 112 Å². The third-order valence-corrected chi connectivity index (χ3v) is 3.05. The average molecular weight is 262 g/mol. The normalized spacial score (nSPS) is 15.8. The van der Waals surface area contributed by atoms with E-state index in [1.54, 1.807) is 22.8 Å². The number of hydrogen-bond donors (Lipinski definition) is 0. The van der Waals surface area contributed by atoms with Crippen molar-refractivity contribution in [3.05, 3.63) is 17.5 Å². The highest BCUT2D eigenvalue weighted by Crippen LogP contribution is 2.30. The number of likely N-dealkylation sites (tertiary alicyclic amines) is 1. The van der Waals surface area contributed by atoms with E-state index in [0.717, 1.165) is 5.56 Å². The lowest BCUT2D eigenvalue weighted by Crippen LogP contribution is -2.50. The molecule has 0 unspecified atom stereocenters. The number of nitriles is 1. The van der Waals surface area contributed by atoms with Crippen molar-refractivity contribution in [2.24, 2.45) is 7.05 Å². The van der Waals surface area contributed by atoms with Gasteiger partial charge in [-0.25, -0.2) is 4.79 Å². The van der Waals surface area contributed by atoms with Crippen LogP contribution in [0.5, 0.6) is 0 Å². The first-order valence-corrected chi connectivity index (χ1v) is 6.21. The Morgan fingerprint density at radius 3 is 2.68 bits per heavy atom. The van der Waals surface area contributed by atoms with Gasteiger partial charge < -0.3 is 9.64 Å². The lowest BCUT2D eigenvalue weighted by Gasteiger charge is -2.39. The minimum absolute atomic E-state index is 0.177. The van der Waals surface area contributed by atoms with Crippen molar-refractivity contribution < 1.29 is 9.53 Å². The van der Waals surface area contributed by atoms with E-state index >= 15 is 0 Å². The van der Waals surface area contributed by atoms with Gasteiger partial charge in [-0.2, -0.15) is 10.4 Å². The number of amides is 1. The number of carbonyl (C=O) groups is 1. The molecule has 1 fully saturated rings. The second-order valence-electron chi connectivity index (χ2n) is 5.77. The van der Waals surface area contributed by atoms with Gasteiger partial charge in [-0.15, -0.1) is 0 Å². The molecule has 6 nitrogen and oxygen atoms in total. The number of nitrogens with zero attached hydrogens (tertiary/aromatic N) is 4. The summed E-state index contributed by atoms with van der Waals surface area (Å²) >= 11 is 0. The quantitative estimate of drug-likeness (QED) is 0.771. The standard InChI is InChI=1S/C13H18N4O2/c1-13(2,3)19-12(18)17-7-9(8-17)10-6-15-16(4)11(10)5-14/h6,9H,7-8H2,1-4H3. The molecule has 0 aromatic carbocycles. The first kappa shape index (κ1) is 13.4. The van der Waals surface area contributed by atoms with E-state index in [2.05, 4.69) is 11.2 Å². The third kappa shape index (κ3) is 2.70. The molecule has 19 heavy (non-hydrogen) atoms. The van der Waals surface area contributed by atoms with Crippen molar-refractivity contribution >= 4 is 6.09 Å². The zero-order chi connectivity index (χ0) is 14.2. The Balaban J connectivity index is 1.97. The summed E-state index contributed by atoms with van der Waals surface area (Å²) in [5.74, 6) is 0.177. The summed E-state index contributed by atoms with van der Waals surface area (Å²) in [6, 6.07) is 2.14. The highest BCUT2D eigenvalue weighted by molar-refractivity contribution is 5.69. The Hall–Kier alpha value is -2.03. The maximum absolute atomic E-state index is 11.8. The summed E-state index contributed by atoms with van der Waals surface area (Å²) in [6.07, 6.45) is 1.40. The van der Waals surface area contributed by atoms with Gasteiger partial charge in [0.2, 0.25) is 0 Å². The molecule has 0 N–H and O–H groups in total. The monoisotopic (exact) mass is 262 g/mol. The third-order valence-electron chi connectivity index (χ3n) is 3.05. The maximum Gasteiger partial charge on any atom is 0.410 e. The molecule has 1 aromatic rings. The van der Waals surface area contributed by atoms with Crippen molar-refractivity contribution in [3.63, 3.8) is 0 Å². The fourth-order valence-electron chi connectivity index (χ4n) is 2.04. The summed E-state index contributed by atoms with van der Waals surface area (Å²) in [5.41, 5.74) is 0.993. The molecule has 0 bridgehead atoms. The second-order valence-corrected chi connectivity index (χ2v) is 5.77. The van der Waals surface area contributed by atoms with Gasteiger partial charge in [0, 0.05) is 31.6 Å². The van der Waals surface area contributed by atoms with E-state index in [1.165, 1.54) is 0 Å². The zero-order valence-corrected chi connectivity index (χ0v) is 11.7. The van der Waals surface area contributed by atoms with Crippen LogP contribution < -0.4 is 0 Å². The minimum atomic E-state index is -0.478. The van der Waals surface area contributed by atoms with Gasteiger partial charge >= 0.3 is 6.09 Å². The summed E-state index contributed by atoms with van der Waals surface area (Å²) in [6.45, 7) is 6.69. The first-order valence-electron chi connectivity index (χ1n) is 6.21. The minimum Gasteiger partial charge on any atom is -0.444 e. The van der Waals surface area contributed by atoms with Crippen molar-refractivity contribution in [1.82, 2.24) is 14.7 Å². The molecule has 6 heteroatoms. The average Bonchev–Trinajstić information content (AvgIpc) is 2.54. The van der Waals surface area contributed by atoms with Gasteiger partial charge in [0.1, 0.15) is 17.4 Å². The van der Waals surface area contributed by atoms with Crippen molar-refractivity contribution in [3.8, 4) is 6.07 Å². The molecule has 0 spiro atoms. The SMILES string of the molecule is Cn1ncc(C2CN(C(=O)OC(C)(C)C)C2)c1C#N. The van der Waals surface area contributed by atoms with Crippen LogP contribution >= 0.6 is 0 Å². The largest absolute Gasteiger partial charge is 0.444 e. The molecule has 0 aliphatic carbocycles. The van der Waals surface area contributed by atoms with E-state index < -0.39 is 5.60 Å². The fraction of sp³-hybridized carbons (Fsp3) is 0.615. The highest BCUT2D eigenvalue weighted by Gasteiger charge is 2.36. The molecule has 1 aromatic heterocycles. The summed E-state index contributed by atoms with van der Waals surface area (Å²) in [4.78, 5) is 13.4. The number of hydrogen-bond acceptors (Lipinski definition) is 4. The van der Waals surface area contributed by atoms with Crippen LogP contribution in [0.2, 0.25) is 0 Å². The summed E-state index contributed by atoms with van der Waals surface area (Å²) in [7, 11) is 1.74. The maximum atomic E-state index is 11.8. The molecule has 1 amide bonds. The number of rotatable bonds is 1. The second kappa shape index (κ2) is 4.57. The molecule has 0 saturated carbocycles. The molecule has 0 atom stereocenters. The Morgan fingerprint density at radius 2 is 2.16 bits per heavy atom.